The molecule has 0 aliphatic rings. The summed E-state index contributed by atoms with van der Waals surface area (Å²) in [6.45, 7) is -0.262. The Balaban J connectivity index is 2.30. The summed E-state index contributed by atoms with van der Waals surface area (Å²) in [5.41, 5.74) is 0.502. The standard InChI is InChI=1S/C13H12BrF2NOS/c14-5-6-17(7-12(15)16)13(18)10-8-19-11-4-2-1-3-9(10)11/h1-4,8,12H,5-7H2. The Labute approximate surface area is 122 Å². The fourth-order valence-electron chi connectivity index (χ4n) is 1.86. The zero-order chi connectivity index (χ0) is 13.8. The SMILES string of the molecule is O=C(c1csc2ccccc12)N(CCBr)CC(F)F. The maximum absolute atomic E-state index is 12.5. The molecule has 2 aromatic rings. The summed E-state index contributed by atoms with van der Waals surface area (Å²) in [7, 11) is 0. The Morgan fingerprint density at radius 3 is 2.79 bits per heavy atom. The number of halogens is 3. The average Bonchev–Trinajstić information content (AvgIpc) is 2.80. The molecular weight excluding hydrogens is 336 g/mol. The predicted octanol–water partition coefficient (Wildman–Crippen LogP) is 4.00. The van der Waals surface area contributed by atoms with Gasteiger partial charge in [0.05, 0.1) is 12.1 Å². The fraction of sp³-hybridized carbons (Fsp3) is 0.308. The van der Waals surface area contributed by atoms with Gasteiger partial charge in [0.15, 0.2) is 0 Å². The lowest BCUT2D eigenvalue weighted by Gasteiger charge is -2.21. The summed E-state index contributed by atoms with van der Waals surface area (Å²) >= 11 is 4.64. The first-order chi connectivity index (χ1) is 9.13. The number of thiophene rings is 1. The number of rotatable bonds is 5. The van der Waals surface area contributed by atoms with Crippen LogP contribution in [0.3, 0.4) is 0 Å². The lowest BCUT2D eigenvalue weighted by Crippen LogP contribution is -2.36. The smallest absolute Gasteiger partial charge is 0.255 e. The molecule has 0 fully saturated rings. The molecule has 2 rings (SSSR count). The third-order valence-corrected chi connectivity index (χ3v) is 4.03. The number of hydrogen-bond acceptors (Lipinski definition) is 2. The Kier molecular flexibility index (Phi) is 4.87. The Hall–Kier alpha value is -1.01. The van der Waals surface area contributed by atoms with Crippen molar-refractivity contribution in [3.63, 3.8) is 0 Å². The Morgan fingerprint density at radius 1 is 1.37 bits per heavy atom. The van der Waals surface area contributed by atoms with E-state index in [0.29, 0.717) is 10.9 Å². The molecule has 0 radical (unpaired) electrons. The number of alkyl halides is 3. The molecule has 0 aliphatic carbocycles. The van der Waals surface area contributed by atoms with Crippen molar-refractivity contribution in [2.75, 3.05) is 18.4 Å². The third kappa shape index (κ3) is 3.30. The largest absolute Gasteiger partial charge is 0.332 e. The molecular formula is C13H12BrF2NOS. The first kappa shape index (κ1) is 14.4. The quantitative estimate of drug-likeness (QED) is 0.748. The van der Waals surface area contributed by atoms with E-state index in [-0.39, 0.29) is 12.5 Å². The Morgan fingerprint density at radius 2 is 2.11 bits per heavy atom. The van der Waals surface area contributed by atoms with Gasteiger partial charge in [0.2, 0.25) is 0 Å². The van der Waals surface area contributed by atoms with Gasteiger partial charge in [-0.1, -0.05) is 34.1 Å². The predicted molar refractivity (Wildman–Crippen MR) is 77.5 cm³/mol. The molecule has 0 spiro atoms. The van der Waals surface area contributed by atoms with Gasteiger partial charge in [0.1, 0.15) is 0 Å². The van der Waals surface area contributed by atoms with Crippen LogP contribution in [0.1, 0.15) is 10.4 Å². The van der Waals surface area contributed by atoms with Gasteiger partial charge in [-0.3, -0.25) is 4.79 Å². The van der Waals surface area contributed by atoms with E-state index in [2.05, 4.69) is 15.9 Å². The zero-order valence-corrected chi connectivity index (χ0v) is 12.4. The van der Waals surface area contributed by atoms with Gasteiger partial charge in [-0.15, -0.1) is 11.3 Å². The van der Waals surface area contributed by atoms with Crippen molar-refractivity contribution in [3.05, 3.63) is 35.2 Å². The highest BCUT2D eigenvalue weighted by atomic mass is 79.9. The molecule has 1 aromatic carbocycles. The van der Waals surface area contributed by atoms with Crippen LogP contribution < -0.4 is 0 Å². The van der Waals surface area contributed by atoms with Gasteiger partial charge in [0.25, 0.3) is 12.3 Å². The number of fused-ring (bicyclic) bond motifs is 1. The summed E-state index contributed by atoms with van der Waals surface area (Å²) in [6.07, 6.45) is -2.52. The van der Waals surface area contributed by atoms with Gasteiger partial charge in [-0.2, -0.15) is 0 Å². The van der Waals surface area contributed by atoms with Crippen LogP contribution >= 0.6 is 27.3 Å². The molecule has 0 saturated heterocycles. The van der Waals surface area contributed by atoms with Crippen LogP contribution in [0.5, 0.6) is 0 Å². The van der Waals surface area contributed by atoms with Crippen molar-refractivity contribution < 1.29 is 13.6 Å². The molecule has 0 unspecified atom stereocenters. The van der Waals surface area contributed by atoms with E-state index < -0.39 is 13.0 Å². The second kappa shape index (κ2) is 6.43. The summed E-state index contributed by atoms with van der Waals surface area (Å²) in [6, 6.07) is 7.49. The highest BCUT2D eigenvalue weighted by Gasteiger charge is 2.21. The van der Waals surface area contributed by atoms with Gasteiger partial charge < -0.3 is 4.90 Å². The van der Waals surface area contributed by atoms with E-state index in [1.54, 1.807) is 5.38 Å². The second-order valence-corrected chi connectivity index (χ2v) is 5.68. The van der Waals surface area contributed by atoms with E-state index in [9.17, 15) is 13.6 Å². The van der Waals surface area contributed by atoms with E-state index in [4.69, 9.17) is 0 Å². The van der Waals surface area contributed by atoms with Crippen molar-refractivity contribution >= 4 is 43.3 Å². The monoisotopic (exact) mass is 347 g/mol. The van der Waals surface area contributed by atoms with Crippen LogP contribution in [0.15, 0.2) is 29.6 Å². The van der Waals surface area contributed by atoms with Crippen molar-refractivity contribution in [2.24, 2.45) is 0 Å². The molecule has 19 heavy (non-hydrogen) atoms. The van der Waals surface area contributed by atoms with E-state index in [1.807, 2.05) is 24.3 Å². The third-order valence-electron chi connectivity index (χ3n) is 2.71. The maximum atomic E-state index is 12.5. The molecule has 6 heteroatoms. The minimum atomic E-state index is -2.52. The van der Waals surface area contributed by atoms with Crippen LogP contribution in [0.2, 0.25) is 0 Å². The number of carbonyl (C=O) groups excluding carboxylic acids is 1. The number of amides is 1. The highest BCUT2D eigenvalue weighted by Crippen LogP contribution is 2.26. The van der Waals surface area contributed by atoms with Crippen molar-refractivity contribution in [3.8, 4) is 0 Å². The van der Waals surface area contributed by atoms with Gasteiger partial charge >= 0.3 is 0 Å². The van der Waals surface area contributed by atoms with Gasteiger partial charge in [0, 0.05) is 27.3 Å². The summed E-state index contributed by atoms with van der Waals surface area (Å²) in [5, 5.41) is 3.04. The van der Waals surface area contributed by atoms with E-state index >= 15 is 0 Å². The van der Waals surface area contributed by atoms with Crippen molar-refractivity contribution in [2.45, 2.75) is 6.43 Å². The molecule has 2 nitrogen and oxygen atoms in total. The lowest BCUT2D eigenvalue weighted by molar-refractivity contribution is 0.0574. The molecule has 0 N–H and O–H groups in total. The number of hydrogen-bond donors (Lipinski definition) is 0. The van der Waals surface area contributed by atoms with Crippen molar-refractivity contribution in [1.29, 1.82) is 0 Å². The summed E-state index contributed by atoms with van der Waals surface area (Å²) < 4.78 is 26.0. The van der Waals surface area contributed by atoms with E-state index in [0.717, 1.165) is 10.1 Å². The minimum absolute atomic E-state index is 0.271. The number of nitrogens with zero attached hydrogens (tertiary/aromatic N) is 1. The Bertz CT molecular complexity index is 573. The molecule has 1 aromatic heterocycles. The highest BCUT2D eigenvalue weighted by molar-refractivity contribution is 9.09. The van der Waals surface area contributed by atoms with Crippen LogP contribution in [-0.4, -0.2) is 35.7 Å². The lowest BCUT2D eigenvalue weighted by atomic mass is 10.1. The minimum Gasteiger partial charge on any atom is -0.332 e. The molecule has 102 valence electrons. The number of carbonyl (C=O) groups is 1. The molecule has 1 amide bonds. The second-order valence-electron chi connectivity index (χ2n) is 3.98. The topological polar surface area (TPSA) is 20.3 Å². The fourth-order valence-corrected chi connectivity index (χ4v) is 3.22. The first-order valence-electron chi connectivity index (χ1n) is 5.73. The van der Waals surface area contributed by atoms with Crippen molar-refractivity contribution in [1.82, 2.24) is 4.90 Å². The maximum Gasteiger partial charge on any atom is 0.255 e. The number of benzene rings is 1. The molecule has 0 saturated carbocycles. The molecule has 1 heterocycles. The summed E-state index contributed by atoms with van der Waals surface area (Å²) in [5.74, 6) is -0.336. The van der Waals surface area contributed by atoms with Gasteiger partial charge in [-0.25, -0.2) is 8.78 Å². The average molecular weight is 348 g/mol. The van der Waals surface area contributed by atoms with Crippen LogP contribution in [0, 0.1) is 0 Å². The molecule has 0 aliphatic heterocycles. The van der Waals surface area contributed by atoms with Gasteiger partial charge in [-0.05, 0) is 6.07 Å². The zero-order valence-electron chi connectivity index (χ0n) is 9.98. The van der Waals surface area contributed by atoms with E-state index in [1.165, 1.54) is 16.2 Å². The molecule has 0 atom stereocenters. The normalized spacial score (nSPS) is 11.2. The first-order valence-corrected chi connectivity index (χ1v) is 7.73. The molecule has 0 bridgehead atoms. The van der Waals surface area contributed by atoms with Crippen LogP contribution in [0.25, 0.3) is 10.1 Å². The van der Waals surface area contributed by atoms with Crippen LogP contribution in [0.4, 0.5) is 8.78 Å². The van der Waals surface area contributed by atoms with Crippen LogP contribution in [-0.2, 0) is 0 Å². The summed E-state index contributed by atoms with van der Waals surface area (Å²) in [4.78, 5) is 13.5.